The Labute approximate surface area is 107 Å². The van der Waals surface area contributed by atoms with Gasteiger partial charge in [0.1, 0.15) is 5.82 Å². The third-order valence-electron chi connectivity index (χ3n) is 2.67. The summed E-state index contributed by atoms with van der Waals surface area (Å²) in [6.07, 6.45) is 0.0950. The second-order valence-electron chi connectivity index (χ2n) is 4.95. The highest BCUT2D eigenvalue weighted by molar-refractivity contribution is 5.95. The van der Waals surface area contributed by atoms with E-state index < -0.39 is 6.10 Å². The van der Waals surface area contributed by atoms with Gasteiger partial charge in [0.15, 0.2) is 0 Å². The van der Waals surface area contributed by atoms with Crippen molar-refractivity contribution in [1.82, 2.24) is 5.32 Å². The highest BCUT2D eigenvalue weighted by Crippen LogP contribution is 2.10. The topological polar surface area (TPSA) is 49.3 Å². The molecular weight excluding hydrogens is 233 g/mol. The summed E-state index contributed by atoms with van der Waals surface area (Å²) >= 11 is 0. The number of carbonyl (C=O) groups is 1. The van der Waals surface area contributed by atoms with Gasteiger partial charge >= 0.3 is 0 Å². The van der Waals surface area contributed by atoms with Crippen molar-refractivity contribution >= 4 is 5.91 Å². The third kappa shape index (κ3) is 4.45. The summed E-state index contributed by atoms with van der Waals surface area (Å²) in [7, 11) is 0. The monoisotopic (exact) mass is 253 g/mol. The fraction of sp³-hybridized carbons (Fsp3) is 0.500. The van der Waals surface area contributed by atoms with Crippen molar-refractivity contribution in [1.29, 1.82) is 0 Å². The van der Waals surface area contributed by atoms with Crippen molar-refractivity contribution in [2.24, 2.45) is 5.92 Å². The molecular formula is C14H20FNO2. The molecule has 1 amide bonds. The molecule has 1 atom stereocenters. The number of rotatable bonds is 5. The predicted molar refractivity (Wildman–Crippen MR) is 68.9 cm³/mol. The maximum Gasteiger partial charge on any atom is 0.251 e. The Bertz CT molecular complexity index is 418. The van der Waals surface area contributed by atoms with E-state index in [1.807, 2.05) is 13.8 Å². The zero-order chi connectivity index (χ0) is 13.7. The molecule has 0 fully saturated rings. The summed E-state index contributed by atoms with van der Waals surface area (Å²) in [5.74, 6) is -0.261. The molecule has 1 rings (SSSR count). The van der Waals surface area contributed by atoms with Gasteiger partial charge in [-0.1, -0.05) is 13.8 Å². The Morgan fingerprint density at radius 1 is 1.44 bits per heavy atom. The largest absolute Gasteiger partial charge is 0.391 e. The first-order valence-corrected chi connectivity index (χ1v) is 6.12. The van der Waals surface area contributed by atoms with Gasteiger partial charge in [0.05, 0.1) is 6.10 Å². The fourth-order valence-corrected chi connectivity index (χ4v) is 1.82. The molecule has 0 bridgehead atoms. The van der Waals surface area contributed by atoms with Gasteiger partial charge in [-0.25, -0.2) is 4.39 Å². The highest BCUT2D eigenvalue weighted by atomic mass is 19.1. The minimum atomic E-state index is -0.547. The van der Waals surface area contributed by atoms with E-state index in [2.05, 4.69) is 5.32 Å². The average molecular weight is 253 g/mol. The first-order chi connectivity index (χ1) is 8.40. The number of nitrogens with one attached hydrogen (secondary N) is 1. The fourth-order valence-electron chi connectivity index (χ4n) is 1.82. The van der Waals surface area contributed by atoms with Crippen LogP contribution in [-0.2, 0) is 0 Å². The summed E-state index contributed by atoms with van der Waals surface area (Å²) in [6, 6.07) is 4.03. The van der Waals surface area contributed by atoms with Crippen molar-refractivity contribution in [3.8, 4) is 0 Å². The first-order valence-electron chi connectivity index (χ1n) is 6.12. The first kappa shape index (κ1) is 14.6. The van der Waals surface area contributed by atoms with Gasteiger partial charge in [-0.15, -0.1) is 0 Å². The molecule has 0 radical (unpaired) electrons. The molecule has 2 N–H and O–H groups in total. The average Bonchev–Trinajstić information content (AvgIpc) is 2.25. The van der Waals surface area contributed by atoms with Crippen LogP contribution in [-0.4, -0.2) is 23.7 Å². The number of aryl methyl sites for hydroxylation is 1. The van der Waals surface area contributed by atoms with Crippen LogP contribution in [0.2, 0.25) is 0 Å². The number of aliphatic hydroxyl groups excluding tert-OH is 1. The van der Waals surface area contributed by atoms with E-state index in [1.165, 1.54) is 18.2 Å². The van der Waals surface area contributed by atoms with Crippen LogP contribution in [0.5, 0.6) is 0 Å². The van der Waals surface area contributed by atoms with Crippen LogP contribution in [0.4, 0.5) is 4.39 Å². The number of amides is 1. The molecule has 0 aliphatic heterocycles. The van der Waals surface area contributed by atoms with Crippen LogP contribution in [0.3, 0.4) is 0 Å². The smallest absolute Gasteiger partial charge is 0.251 e. The third-order valence-corrected chi connectivity index (χ3v) is 2.67. The predicted octanol–water partition coefficient (Wildman–Crippen LogP) is 2.27. The van der Waals surface area contributed by atoms with Crippen molar-refractivity contribution in [3.05, 3.63) is 35.1 Å². The molecule has 1 aromatic carbocycles. The molecule has 0 aliphatic carbocycles. The molecule has 0 aromatic heterocycles. The molecule has 100 valence electrons. The molecule has 18 heavy (non-hydrogen) atoms. The zero-order valence-electron chi connectivity index (χ0n) is 11.0. The van der Waals surface area contributed by atoms with E-state index in [0.29, 0.717) is 23.5 Å². The van der Waals surface area contributed by atoms with Crippen LogP contribution in [0, 0.1) is 18.7 Å². The molecule has 1 unspecified atom stereocenters. The van der Waals surface area contributed by atoms with Gasteiger partial charge in [-0.3, -0.25) is 4.79 Å². The van der Waals surface area contributed by atoms with Gasteiger partial charge in [0.25, 0.3) is 5.91 Å². The SMILES string of the molecule is Cc1cc(F)ccc1C(=O)NCC(O)CC(C)C. The second kappa shape index (κ2) is 6.50. The van der Waals surface area contributed by atoms with Crippen molar-refractivity contribution in [2.45, 2.75) is 33.3 Å². The van der Waals surface area contributed by atoms with Crippen LogP contribution in [0.15, 0.2) is 18.2 Å². The summed E-state index contributed by atoms with van der Waals surface area (Å²) in [5, 5.41) is 12.3. The molecule has 0 spiro atoms. The number of benzene rings is 1. The van der Waals surface area contributed by atoms with Crippen LogP contribution < -0.4 is 5.32 Å². The molecule has 0 heterocycles. The Hall–Kier alpha value is -1.42. The Morgan fingerprint density at radius 3 is 2.67 bits per heavy atom. The Morgan fingerprint density at radius 2 is 2.11 bits per heavy atom. The van der Waals surface area contributed by atoms with Gasteiger partial charge in [0, 0.05) is 12.1 Å². The summed E-state index contributed by atoms with van der Waals surface area (Å²) in [5.41, 5.74) is 1.03. The molecule has 0 saturated carbocycles. The maximum atomic E-state index is 12.9. The van der Waals surface area contributed by atoms with Crippen LogP contribution in [0.1, 0.15) is 36.2 Å². The highest BCUT2D eigenvalue weighted by Gasteiger charge is 2.12. The van der Waals surface area contributed by atoms with Gasteiger partial charge in [0.2, 0.25) is 0 Å². The maximum absolute atomic E-state index is 12.9. The summed E-state index contributed by atoms with van der Waals surface area (Å²) in [6.45, 7) is 5.92. The van der Waals surface area contributed by atoms with E-state index in [1.54, 1.807) is 6.92 Å². The van der Waals surface area contributed by atoms with E-state index in [4.69, 9.17) is 0 Å². The minimum Gasteiger partial charge on any atom is -0.391 e. The van der Waals surface area contributed by atoms with Crippen LogP contribution in [0.25, 0.3) is 0 Å². The Kier molecular flexibility index (Phi) is 5.28. The van der Waals surface area contributed by atoms with Gasteiger partial charge in [-0.2, -0.15) is 0 Å². The van der Waals surface area contributed by atoms with E-state index in [9.17, 15) is 14.3 Å². The van der Waals surface area contributed by atoms with E-state index >= 15 is 0 Å². The van der Waals surface area contributed by atoms with Gasteiger partial charge in [-0.05, 0) is 43.0 Å². The number of carbonyl (C=O) groups excluding carboxylic acids is 1. The van der Waals surface area contributed by atoms with Crippen molar-refractivity contribution in [2.75, 3.05) is 6.54 Å². The number of hydrogen-bond acceptors (Lipinski definition) is 2. The lowest BCUT2D eigenvalue weighted by atomic mass is 10.1. The number of halogens is 1. The molecule has 0 aliphatic rings. The van der Waals surface area contributed by atoms with E-state index in [0.717, 1.165) is 0 Å². The molecule has 4 heteroatoms. The quantitative estimate of drug-likeness (QED) is 0.845. The lowest BCUT2D eigenvalue weighted by Crippen LogP contribution is -2.33. The lowest BCUT2D eigenvalue weighted by molar-refractivity contribution is 0.0899. The number of aliphatic hydroxyl groups is 1. The Balaban J connectivity index is 2.55. The van der Waals surface area contributed by atoms with Gasteiger partial charge < -0.3 is 10.4 Å². The minimum absolute atomic E-state index is 0.216. The molecule has 0 saturated heterocycles. The number of hydrogen-bond donors (Lipinski definition) is 2. The molecule has 1 aromatic rings. The normalized spacial score (nSPS) is 12.6. The van der Waals surface area contributed by atoms with Crippen molar-refractivity contribution in [3.63, 3.8) is 0 Å². The van der Waals surface area contributed by atoms with Crippen molar-refractivity contribution < 1.29 is 14.3 Å². The summed E-state index contributed by atoms with van der Waals surface area (Å²) in [4.78, 5) is 11.8. The standard InChI is InChI=1S/C14H20FNO2/c1-9(2)6-12(17)8-16-14(18)13-5-4-11(15)7-10(13)3/h4-5,7,9,12,17H,6,8H2,1-3H3,(H,16,18). The second-order valence-corrected chi connectivity index (χ2v) is 4.95. The summed E-state index contributed by atoms with van der Waals surface area (Å²) < 4.78 is 12.9. The van der Waals surface area contributed by atoms with Crippen LogP contribution >= 0.6 is 0 Å². The zero-order valence-corrected chi connectivity index (χ0v) is 11.0. The lowest BCUT2D eigenvalue weighted by Gasteiger charge is -2.14. The molecule has 3 nitrogen and oxygen atoms in total. The van der Waals surface area contributed by atoms with E-state index in [-0.39, 0.29) is 18.3 Å².